The van der Waals surface area contributed by atoms with Crippen molar-refractivity contribution in [1.29, 1.82) is 0 Å². The Morgan fingerprint density at radius 1 is 0.468 bits per heavy atom. The first kappa shape index (κ1) is 45.9. The van der Waals surface area contributed by atoms with E-state index in [0.717, 1.165) is 64.3 Å². The van der Waals surface area contributed by atoms with Crippen molar-refractivity contribution in [2.24, 2.45) is 11.8 Å². The Morgan fingerprint density at radius 2 is 0.766 bits per heavy atom. The fourth-order valence-corrected chi connectivity index (χ4v) is 6.59. The summed E-state index contributed by atoms with van der Waals surface area (Å²) >= 11 is 0. The number of hydrogen-bond donors (Lipinski definition) is 1. The lowest BCUT2D eigenvalue weighted by Crippen LogP contribution is -2.27. The Kier molecular flexibility index (Phi) is 35.3. The first-order valence-electron chi connectivity index (χ1n) is 20.7. The zero-order chi connectivity index (χ0) is 34.6. The Hall–Kier alpha value is -1.14. The van der Waals surface area contributed by atoms with E-state index in [-0.39, 0.29) is 23.8 Å². The van der Waals surface area contributed by atoms with Gasteiger partial charge in [-0.05, 0) is 70.9 Å². The molecule has 0 bridgehead atoms. The van der Waals surface area contributed by atoms with Crippen LogP contribution in [0, 0.1) is 11.8 Å². The van der Waals surface area contributed by atoms with Gasteiger partial charge in [0.05, 0.1) is 25.0 Å². The van der Waals surface area contributed by atoms with E-state index in [0.29, 0.717) is 19.8 Å². The molecule has 6 nitrogen and oxygen atoms in total. The van der Waals surface area contributed by atoms with Crippen LogP contribution in [-0.4, -0.2) is 61.4 Å². The average molecular weight is 668 g/mol. The molecule has 0 spiro atoms. The number of rotatable bonds is 37. The third kappa shape index (κ3) is 29.5. The molecule has 0 fully saturated rings. The molecule has 6 heteroatoms. The van der Waals surface area contributed by atoms with Crippen LogP contribution in [0.5, 0.6) is 0 Å². The second-order valence-electron chi connectivity index (χ2n) is 14.1. The molecule has 0 saturated heterocycles. The molecule has 2 unspecified atom stereocenters. The van der Waals surface area contributed by atoms with Crippen molar-refractivity contribution in [2.45, 2.75) is 201 Å². The molecule has 0 aliphatic carbocycles. The smallest absolute Gasteiger partial charge is 0.308 e. The van der Waals surface area contributed by atoms with Crippen molar-refractivity contribution in [1.82, 2.24) is 4.90 Å². The van der Waals surface area contributed by atoms with Gasteiger partial charge in [-0.2, -0.15) is 0 Å². The van der Waals surface area contributed by atoms with Crippen LogP contribution in [0.15, 0.2) is 0 Å². The number of ether oxygens (including phenoxy) is 2. The average Bonchev–Trinajstić information content (AvgIpc) is 3.08. The van der Waals surface area contributed by atoms with E-state index in [4.69, 9.17) is 9.47 Å². The molecule has 0 rings (SSSR count). The minimum atomic E-state index is 0.0109. The van der Waals surface area contributed by atoms with Crippen molar-refractivity contribution < 1.29 is 24.2 Å². The molecule has 1 N–H and O–H groups in total. The molecule has 0 aromatic carbocycles. The predicted molar refractivity (Wildman–Crippen MR) is 200 cm³/mol. The number of carbonyl (C=O) groups excluding carboxylic acids is 2. The van der Waals surface area contributed by atoms with E-state index in [1.807, 2.05) is 0 Å². The lowest BCUT2D eigenvalue weighted by molar-refractivity contribution is -0.150. The topological polar surface area (TPSA) is 76.1 Å². The highest BCUT2D eigenvalue weighted by atomic mass is 16.5. The quantitative estimate of drug-likeness (QED) is 0.0525. The van der Waals surface area contributed by atoms with Gasteiger partial charge >= 0.3 is 11.9 Å². The molecular formula is C41H81NO5. The number of aliphatic hydroxyl groups excluding tert-OH is 1. The normalized spacial score (nSPS) is 12.8. The third-order valence-corrected chi connectivity index (χ3v) is 9.78. The number of unbranched alkanes of at least 4 members (excludes halogenated alkanes) is 18. The second kappa shape index (κ2) is 36.1. The van der Waals surface area contributed by atoms with Gasteiger partial charge in [-0.25, -0.2) is 0 Å². The number of hydrogen-bond acceptors (Lipinski definition) is 6. The summed E-state index contributed by atoms with van der Waals surface area (Å²) in [6.45, 7) is 13.3. The van der Waals surface area contributed by atoms with Crippen LogP contribution in [0.2, 0.25) is 0 Å². The molecular weight excluding hydrogens is 586 g/mol. The van der Waals surface area contributed by atoms with E-state index in [9.17, 15) is 14.7 Å². The predicted octanol–water partition coefficient (Wildman–Crippen LogP) is 11.2. The van der Waals surface area contributed by atoms with Crippen LogP contribution in [0.25, 0.3) is 0 Å². The van der Waals surface area contributed by atoms with Crippen LogP contribution in [0.4, 0.5) is 0 Å². The summed E-state index contributed by atoms with van der Waals surface area (Å²) in [5.41, 5.74) is 0. The summed E-state index contributed by atoms with van der Waals surface area (Å²) in [6, 6.07) is 0. The fraction of sp³-hybridized carbons (Fsp3) is 0.951. The fourth-order valence-electron chi connectivity index (χ4n) is 6.59. The van der Waals surface area contributed by atoms with Crippen LogP contribution >= 0.6 is 0 Å². The van der Waals surface area contributed by atoms with Gasteiger partial charge in [0, 0.05) is 13.2 Å². The molecule has 280 valence electrons. The Labute approximate surface area is 292 Å². The SMILES string of the molecule is CCCC(CC)C(=O)OCCCCCCCCCCCCN(CCCO)CCCCCCCCCCCCOC(=O)C(CC)CCC. The van der Waals surface area contributed by atoms with E-state index in [1.165, 1.54) is 129 Å². The minimum Gasteiger partial charge on any atom is -0.465 e. The summed E-state index contributed by atoms with van der Waals surface area (Å²) in [7, 11) is 0. The molecule has 0 radical (unpaired) electrons. The highest BCUT2D eigenvalue weighted by molar-refractivity contribution is 5.72. The van der Waals surface area contributed by atoms with Crippen molar-refractivity contribution >= 4 is 11.9 Å². The molecule has 2 atom stereocenters. The summed E-state index contributed by atoms with van der Waals surface area (Å²) < 4.78 is 11.0. The first-order valence-corrected chi connectivity index (χ1v) is 20.7. The summed E-state index contributed by atoms with van der Waals surface area (Å²) in [5, 5.41) is 9.33. The van der Waals surface area contributed by atoms with Gasteiger partial charge in [0.1, 0.15) is 0 Å². The second-order valence-corrected chi connectivity index (χ2v) is 14.1. The van der Waals surface area contributed by atoms with Crippen LogP contribution in [0.3, 0.4) is 0 Å². The van der Waals surface area contributed by atoms with Gasteiger partial charge in [0.15, 0.2) is 0 Å². The van der Waals surface area contributed by atoms with Gasteiger partial charge in [-0.15, -0.1) is 0 Å². The van der Waals surface area contributed by atoms with Gasteiger partial charge in [0.25, 0.3) is 0 Å². The maximum Gasteiger partial charge on any atom is 0.308 e. The molecule has 0 heterocycles. The highest BCUT2D eigenvalue weighted by Gasteiger charge is 2.17. The van der Waals surface area contributed by atoms with Crippen molar-refractivity contribution in [3.05, 3.63) is 0 Å². The molecule has 0 aromatic rings. The number of aliphatic hydroxyl groups is 1. The van der Waals surface area contributed by atoms with E-state index in [1.54, 1.807) is 0 Å². The molecule has 0 amide bonds. The summed E-state index contributed by atoms with van der Waals surface area (Å²) in [4.78, 5) is 26.7. The van der Waals surface area contributed by atoms with E-state index < -0.39 is 0 Å². The van der Waals surface area contributed by atoms with Crippen molar-refractivity contribution in [2.75, 3.05) is 39.5 Å². The number of esters is 2. The Bertz CT molecular complexity index is 620. The lowest BCUT2D eigenvalue weighted by atomic mass is 10.0. The molecule has 0 aromatic heterocycles. The number of nitrogens with zero attached hydrogens (tertiary/aromatic N) is 1. The van der Waals surface area contributed by atoms with E-state index in [2.05, 4.69) is 32.6 Å². The third-order valence-electron chi connectivity index (χ3n) is 9.78. The van der Waals surface area contributed by atoms with Crippen LogP contribution < -0.4 is 0 Å². The molecule has 0 aliphatic rings. The van der Waals surface area contributed by atoms with Gasteiger partial charge in [-0.1, -0.05) is 143 Å². The van der Waals surface area contributed by atoms with Crippen molar-refractivity contribution in [3.8, 4) is 0 Å². The molecule has 0 saturated carbocycles. The zero-order valence-corrected chi connectivity index (χ0v) is 32.0. The van der Waals surface area contributed by atoms with Gasteiger partial charge in [-0.3, -0.25) is 9.59 Å². The van der Waals surface area contributed by atoms with Crippen molar-refractivity contribution in [3.63, 3.8) is 0 Å². The zero-order valence-electron chi connectivity index (χ0n) is 32.0. The Balaban J connectivity index is 3.62. The number of carbonyl (C=O) groups is 2. The maximum atomic E-state index is 12.1. The highest BCUT2D eigenvalue weighted by Crippen LogP contribution is 2.16. The maximum absolute atomic E-state index is 12.1. The Morgan fingerprint density at radius 3 is 1.06 bits per heavy atom. The largest absolute Gasteiger partial charge is 0.465 e. The minimum absolute atomic E-state index is 0.0109. The van der Waals surface area contributed by atoms with Gasteiger partial charge < -0.3 is 19.5 Å². The van der Waals surface area contributed by atoms with Crippen LogP contribution in [0.1, 0.15) is 201 Å². The molecule has 47 heavy (non-hydrogen) atoms. The standard InChI is InChI=1S/C41H81NO5/c1-5-30-38(7-3)40(44)46-36-27-23-19-15-11-9-13-17-21-25-32-42(34-29-35-43)33-26-22-18-14-10-12-16-20-24-28-37-47-41(45)39(8-4)31-6-2/h38-39,43H,5-37H2,1-4H3. The first-order chi connectivity index (χ1) is 23.0. The van der Waals surface area contributed by atoms with Gasteiger partial charge in [0.2, 0.25) is 0 Å². The summed E-state index contributed by atoms with van der Waals surface area (Å²) in [5.74, 6) is 0.212. The van der Waals surface area contributed by atoms with Crippen LogP contribution in [-0.2, 0) is 19.1 Å². The summed E-state index contributed by atoms with van der Waals surface area (Å²) in [6.07, 6.45) is 32.0. The van der Waals surface area contributed by atoms with E-state index >= 15 is 0 Å². The monoisotopic (exact) mass is 668 g/mol. The molecule has 0 aliphatic heterocycles. The lowest BCUT2D eigenvalue weighted by Gasteiger charge is -2.22.